The predicted molar refractivity (Wildman–Crippen MR) is 183 cm³/mol. The Morgan fingerprint density at radius 2 is 1.70 bits per heavy atom. The molecule has 1 fully saturated rings. The maximum atomic E-state index is 13.6. The second-order valence-corrected chi connectivity index (χ2v) is 12.6. The molecule has 2 heterocycles. The number of benzene rings is 3. The van der Waals surface area contributed by atoms with Crippen LogP contribution in [0.3, 0.4) is 0 Å². The Morgan fingerprint density at radius 1 is 0.957 bits per heavy atom. The lowest BCUT2D eigenvalue weighted by Crippen LogP contribution is -2.52. The van der Waals surface area contributed by atoms with E-state index < -0.39 is 11.5 Å². The number of pyridine rings is 1. The highest BCUT2D eigenvalue weighted by Gasteiger charge is 2.31. The molecule has 8 nitrogen and oxygen atoms in total. The van der Waals surface area contributed by atoms with Gasteiger partial charge in [-0.1, -0.05) is 55.7 Å². The van der Waals surface area contributed by atoms with Gasteiger partial charge in [-0.25, -0.2) is 4.79 Å². The number of para-hydroxylation sites is 1. The first kappa shape index (κ1) is 30.8. The smallest absolute Gasteiger partial charge is 0.328 e. The molecule has 0 bridgehead atoms. The molecular formula is C38H38N4O4. The number of carboxylic acid groups (broad SMARTS) is 1. The fourth-order valence-corrected chi connectivity index (χ4v) is 6.51. The van der Waals surface area contributed by atoms with Gasteiger partial charge in [0.1, 0.15) is 5.54 Å². The number of fused-ring (bicyclic) bond motifs is 2. The zero-order valence-corrected chi connectivity index (χ0v) is 26.3. The molecule has 6 rings (SSSR count). The molecule has 1 aliphatic carbocycles. The van der Waals surface area contributed by atoms with E-state index >= 15 is 0 Å². The third-order valence-electron chi connectivity index (χ3n) is 8.96. The number of carbonyl (C=O) groups is 3. The van der Waals surface area contributed by atoms with E-state index in [0.29, 0.717) is 22.7 Å². The summed E-state index contributed by atoms with van der Waals surface area (Å²) in [6.45, 7) is 3.33. The number of aliphatic carboxylic acids is 1. The maximum Gasteiger partial charge on any atom is 0.328 e. The lowest BCUT2D eigenvalue weighted by atomic mass is 9.82. The molecule has 0 unspecified atom stereocenters. The van der Waals surface area contributed by atoms with E-state index in [1.807, 2.05) is 36.5 Å². The number of nitrogens with one attached hydrogen (secondary N) is 2. The molecular weight excluding hydrogens is 576 g/mol. The predicted octanol–water partition coefficient (Wildman–Crippen LogP) is 7.69. The van der Waals surface area contributed by atoms with Crippen LogP contribution in [0, 0.1) is 0 Å². The van der Waals surface area contributed by atoms with Gasteiger partial charge in [0.05, 0.1) is 11.2 Å². The first-order valence-electron chi connectivity index (χ1n) is 15.7. The van der Waals surface area contributed by atoms with Crippen molar-refractivity contribution in [1.29, 1.82) is 0 Å². The summed E-state index contributed by atoms with van der Waals surface area (Å²) >= 11 is 0. The van der Waals surface area contributed by atoms with Crippen molar-refractivity contribution in [1.82, 2.24) is 14.9 Å². The van der Waals surface area contributed by atoms with Crippen LogP contribution in [0.5, 0.6) is 0 Å². The highest BCUT2D eigenvalue weighted by molar-refractivity contribution is 6.05. The third kappa shape index (κ3) is 6.29. The molecule has 0 radical (unpaired) electrons. The minimum Gasteiger partial charge on any atom is -0.478 e. The minimum atomic E-state index is -1.21. The van der Waals surface area contributed by atoms with Gasteiger partial charge in [-0.05, 0) is 86.2 Å². The molecule has 8 heteroatoms. The Morgan fingerprint density at radius 3 is 2.43 bits per heavy atom. The van der Waals surface area contributed by atoms with Crippen LogP contribution in [-0.4, -0.2) is 38.0 Å². The van der Waals surface area contributed by atoms with Crippen molar-refractivity contribution in [2.75, 3.05) is 5.32 Å². The van der Waals surface area contributed by atoms with E-state index in [9.17, 15) is 14.4 Å². The van der Waals surface area contributed by atoms with E-state index in [1.54, 1.807) is 38.1 Å². The van der Waals surface area contributed by atoms with Crippen molar-refractivity contribution >= 4 is 51.4 Å². The highest BCUT2D eigenvalue weighted by atomic mass is 16.4. The number of carboxylic acids is 1. The van der Waals surface area contributed by atoms with Crippen molar-refractivity contribution < 1.29 is 19.5 Å². The summed E-state index contributed by atoms with van der Waals surface area (Å²) in [5.41, 5.74) is 5.95. The summed E-state index contributed by atoms with van der Waals surface area (Å²) in [4.78, 5) is 42.3. The lowest BCUT2D eigenvalue weighted by molar-refractivity contribution is -0.131. The van der Waals surface area contributed by atoms with Crippen molar-refractivity contribution in [2.24, 2.45) is 7.05 Å². The number of aryl methyl sites for hydroxylation is 1. The van der Waals surface area contributed by atoms with Crippen molar-refractivity contribution in [2.45, 2.75) is 57.4 Å². The minimum absolute atomic E-state index is 0.342. The Labute approximate surface area is 268 Å². The average Bonchev–Trinajstić information content (AvgIpc) is 3.35. The summed E-state index contributed by atoms with van der Waals surface area (Å²) in [6, 6.07) is 23.0. The van der Waals surface area contributed by atoms with Gasteiger partial charge in [0.2, 0.25) is 5.91 Å². The van der Waals surface area contributed by atoms with Gasteiger partial charge in [-0.3, -0.25) is 14.6 Å². The van der Waals surface area contributed by atoms with Gasteiger partial charge in [0, 0.05) is 52.4 Å². The van der Waals surface area contributed by atoms with Gasteiger partial charge in [-0.2, -0.15) is 0 Å². The van der Waals surface area contributed by atoms with Crippen molar-refractivity contribution in [3.05, 3.63) is 102 Å². The molecule has 0 saturated heterocycles. The topological polar surface area (TPSA) is 113 Å². The monoisotopic (exact) mass is 614 g/mol. The second-order valence-electron chi connectivity index (χ2n) is 12.6. The average molecular weight is 615 g/mol. The van der Waals surface area contributed by atoms with E-state index in [2.05, 4.69) is 40.4 Å². The number of hydrogen-bond donors (Lipinski definition) is 3. The number of carbonyl (C=O) groups excluding carboxylic acids is 2. The van der Waals surface area contributed by atoms with Crippen LogP contribution in [0.1, 0.15) is 73.4 Å². The molecule has 1 aliphatic rings. The molecule has 3 aromatic carbocycles. The number of rotatable bonds is 8. The summed E-state index contributed by atoms with van der Waals surface area (Å²) < 4.78 is 2.19. The molecule has 0 atom stereocenters. The van der Waals surface area contributed by atoms with Crippen molar-refractivity contribution in [3.63, 3.8) is 0 Å². The summed E-state index contributed by atoms with van der Waals surface area (Å²) in [7, 11) is 2.06. The van der Waals surface area contributed by atoms with Crippen LogP contribution in [0.4, 0.5) is 5.69 Å². The highest BCUT2D eigenvalue weighted by Crippen LogP contribution is 2.44. The molecule has 1 saturated carbocycles. The van der Waals surface area contributed by atoms with Gasteiger partial charge < -0.3 is 20.3 Å². The number of amides is 2. The van der Waals surface area contributed by atoms with Crippen LogP contribution in [0.2, 0.25) is 0 Å². The van der Waals surface area contributed by atoms with Gasteiger partial charge >= 0.3 is 5.97 Å². The van der Waals surface area contributed by atoms with Gasteiger partial charge in [0.25, 0.3) is 5.91 Å². The quantitative estimate of drug-likeness (QED) is 0.155. The normalized spacial score (nSPS) is 14.2. The van der Waals surface area contributed by atoms with Crippen LogP contribution in [0.15, 0.2) is 85.1 Å². The maximum absolute atomic E-state index is 13.6. The summed E-state index contributed by atoms with van der Waals surface area (Å²) in [5, 5.41) is 16.8. The van der Waals surface area contributed by atoms with Crippen LogP contribution in [0.25, 0.3) is 39.1 Å². The standard InChI is InChI=1S/C38H38N4O4/c1-38(2,37(46)40-29-17-13-24(14-18-29)15-20-33(43)44)41-36(45)27-16-19-30-32(22-27)42(3)35(34(30)25-9-5-4-6-10-25)28-21-26-11-7-8-12-31(26)39-23-28/h7-8,11-23,25H,4-6,9-10H2,1-3H3,(H,40,46)(H,41,45)(H,43,44)/b20-15+. The molecule has 0 aliphatic heterocycles. The largest absolute Gasteiger partial charge is 0.478 e. The fraction of sp³-hybridized carbons (Fsp3) is 0.263. The van der Waals surface area contributed by atoms with E-state index in [0.717, 1.165) is 52.0 Å². The fourth-order valence-electron chi connectivity index (χ4n) is 6.51. The Bertz CT molecular complexity index is 1980. The van der Waals surface area contributed by atoms with E-state index in [1.165, 1.54) is 30.9 Å². The summed E-state index contributed by atoms with van der Waals surface area (Å²) in [5.74, 6) is -1.32. The molecule has 234 valence electrons. The van der Waals surface area contributed by atoms with Crippen molar-refractivity contribution in [3.8, 4) is 11.3 Å². The van der Waals surface area contributed by atoms with E-state index in [4.69, 9.17) is 10.1 Å². The van der Waals surface area contributed by atoms with Crippen LogP contribution >= 0.6 is 0 Å². The number of hydrogen-bond acceptors (Lipinski definition) is 4. The van der Waals surface area contributed by atoms with Crippen LogP contribution < -0.4 is 10.6 Å². The first-order valence-corrected chi connectivity index (χ1v) is 15.7. The molecule has 3 N–H and O–H groups in total. The van der Waals surface area contributed by atoms with Gasteiger partial charge in [0.15, 0.2) is 0 Å². The zero-order chi connectivity index (χ0) is 32.4. The Balaban J connectivity index is 1.28. The molecule has 0 spiro atoms. The van der Waals surface area contributed by atoms with Crippen LogP contribution in [-0.2, 0) is 16.6 Å². The summed E-state index contributed by atoms with van der Waals surface area (Å²) in [6.07, 6.45) is 10.4. The zero-order valence-electron chi connectivity index (χ0n) is 26.3. The molecule has 2 aromatic heterocycles. The SMILES string of the molecule is Cn1c(-c2cnc3ccccc3c2)c(C2CCCCC2)c2ccc(C(=O)NC(C)(C)C(=O)Nc3ccc(/C=C/C(=O)O)cc3)cc21. The van der Waals surface area contributed by atoms with Gasteiger partial charge in [-0.15, -0.1) is 0 Å². The van der Waals surface area contributed by atoms with E-state index in [-0.39, 0.29) is 11.8 Å². The molecule has 5 aromatic rings. The number of anilines is 1. The molecule has 46 heavy (non-hydrogen) atoms. The first-order chi connectivity index (χ1) is 22.1. The lowest BCUT2D eigenvalue weighted by Gasteiger charge is -2.25. The third-order valence-corrected chi connectivity index (χ3v) is 8.96. The second kappa shape index (κ2) is 12.6. The number of nitrogens with zero attached hydrogens (tertiary/aromatic N) is 2. The molecule has 2 amide bonds. The Hall–Kier alpha value is -5.24. The Kier molecular flexibility index (Phi) is 8.45. The number of aromatic nitrogens is 2.